The molecular weight excluding hydrogens is 468 g/mol. The average Bonchev–Trinajstić information content (AvgIpc) is 3.36. The number of aliphatic carboxylic acids is 1. The van der Waals surface area contributed by atoms with Crippen LogP contribution in [0.25, 0.3) is 33.4 Å². The van der Waals surface area contributed by atoms with Crippen molar-refractivity contribution in [1.82, 2.24) is 0 Å². The second-order valence-electron chi connectivity index (χ2n) is 8.69. The molecule has 0 amide bonds. The number of furan rings is 1. The van der Waals surface area contributed by atoms with Crippen LogP contribution < -0.4 is 14.2 Å². The lowest BCUT2D eigenvalue weighted by molar-refractivity contribution is -0.139. The summed E-state index contributed by atoms with van der Waals surface area (Å²) in [7, 11) is 1.65. The highest BCUT2D eigenvalue weighted by atomic mass is 16.5. The van der Waals surface area contributed by atoms with Gasteiger partial charge in [0, 0.05) is 10.9 Å². The Bertz CT molecular complexity index is 1520. The summed E-state index contributed by atoms with van der Waals surface area (Å²) >= 11 is 0. The van der Waals surface area contributed by atoms with Gasteiger partial charge in [-0.1, -0.05) is 30.3 Å². The van der Waals surface area contributed by atoms with Gasteiger partial charge in [0.2, 0.25) is 0 Å². The SMILES string of the molecule is COc1ccc(-c2cc(COc3ccc(OCC(=O)O)c(C)c3)cc(-c3cc4ccccc4o3)c2)cc1. The number of carboxylic acid groups (broad SMARTS) is 1. The summed E-state index contributed by atoms with van der Waals surface area (Å²) in [5, 5.41) is 9.89. The number of para-hydroxylation sites is 1. The Morgan fingerprint density at radius 2 is 1.57 bits per heavy atom. The second kappa shape index (κ2) is 10.5. The van der Waals surface area contributed by atoms with Crippen LogP contribution in [0.4, 0.5) is 0 Å². The summed E-state index contributed by atoms with van der Waals surface area (Å²) in [5.41, 5.74) is 5.66. The number of carboxylic acids is 1. The molecule has 1 aromatic heterocycles. The first-order valence-electron chi connectivity index (χ1n) is 11.8. The molecule has 0 saturated carbocycles. The number of aryl methyl sites for hydroxylation is 1. The first-order valence-corrected chi connectivity index (χ1v) is 11.8. The molecule has 0 spiro atoms. The fourth-order valence-electron chi connectivity index (χ4n) is 4.17. The zero-order valence-electron chi connectivity index (χ0n) is 20.6. The Labute approximate surface area is 214 Å². The van der Waals surface area contributed by atoms with Crippen LogP contribution in [-0.2, 0) is 11.4 Å². The van der Waals surface area contributed by atoms with Crippen LogP contribution in [0.3, 0.4) is 0 Å². The van der Waals surface area contributed by atoms with Crippen molar-refractivity contribution < 1.29 is 28.5 Å². The number of rotatable bonds is 9. The van der Waals surface area contributed by atoms with Crippen LogP contribution in [0.1, 0.15) is 11.1 Å². The molecular formula is C31H26O6. The highest BCUT2D eigenvalue weighted by molar-refractivity contribution is 5.84. The maximum absolute atomic E-state index is 10.8. The molecule has 0 radical (unpaired) electrons. The van der Waals surface area contributed by atoms with Gasteiger partial charge in [-0.15, -0.1) is 0 Å². The van der Waals surface area contributed by atoms with Crippen molar-refractivity contribution >= 4 is 16.9 Å². The number of hydrogen-bond acceptors (Lipinski definition) is 5. The molecule has 1 heterocycles. The van der Waals surface area contributed by atoms with Gasteiger partial charge >= 0.3 is 5.97 Å². The van der Waals surface area contributed by atoms with E-state index < -0.39 is 5.97 Å². The van der Waals surface area contributed by atoms with E-state index in [0.29, 0.717) is 18.1 Å². The molecule has 0 aliphatic rings. The zero-order valence-corrected chi connectivity index (χ0v) is 20.6. The largest absolute Gasteiger partial charge is 0.497 e. The molecule has 0 bridgehead atoms. The van der Waals surface area contributed by atoms with Gasteiger partial charge < -0.3 is 23.7 Å². The molecule has 5 aromatic rings. The van der Waals surface area contributed by atoms with Crippen LogP contribution in [0.15, 0.2) is 95.4 Å². The minimum atomic E-state index is -1.02. The number of hydrogen-bond donors (Lipinski definition) is 1. The van der Waals surface area contributed by atoms with E-state index in [4.69, 9.17) is 23.7 Å². The van der Waals surface area contributed by atoms with Gasteiger partial charge in [-0.2, -0.15) is 0 Å². The van der Waals surface area contributed by atoms with Gasteiger partial charge in [0.15, 0.2) is 6.61 Å². The third-order valence-electron chi connectivity index (χ3n) is 6.03. The number of ether oxygens (including phenoxy) is 3. The minimum absolute atomic E-state index is 0.339. The fraction of sp³-hybridized carbons (Fsp3) is 0.129. The molecule has 37 heavy (non-hydrogen) atoms. The Balaban J connectivity index is 1.45. The van der Waals surface area contributed by atoms with Crippen molar-refractivity contribution in [2.75, 3.05) is 13.7 Å². The first kappa shape index (κ1) is 24.0. The summed E-state index contributed by atoms with van der Waals surface area (Å²) in [6, 6.07) is 29.6. The first-order chi connectivity index (χ1) is 18.0. The van der Waals surface area contributed by atoms with E-state index in [1.54, 1.807) is 19.2 Å². The lowest BCUT2D eigenvalue weighted by Crippen LogP contribution is -2.10. The van der Waals surface area contributed by atoms with Gasteiger partial charge in [-0.25, -0.2) is 4.79 Å². The molecule has 0 aliphatic carbocycles. The van der Waals surface area contributed by atoms with Crippen molar-refractivity contribution in [1.29, 1.82) is 0 Å². The maximum Gasteiger partial charge on any atom is 0.341 e. The molecule has 0 fully saturated rings. The molecule has 0 unspecified atom stereocenters. The third kappa shape index (κ3) is 5.59. The Morgan fingerprint density at radius 1 is 0.811 bits per heavy atom. The number of carbonyl (C=O) groups is 1. The smallest absolute Gasteiger partial charge is 0.341 e. The topological polar surface area (TPSA) is 78.1 Å². The van der Waals surface area contributed by atoms with E-state index in [2.05, 4.69) is 18.2 Å². The van der Waals surface area contributed by atoms with Crippen molar-refractivity contribution in [3.8, 4) is 39.7 Å². The maximum atomic E-state index is 10.8. The molecule has 5 rings (SSSR count). The molecule has 0 atom stereocenters. The van der Waals surface area contributed by atoms with E-state index in [0.717, 1.165) is 50.3 Å². The van der Waals surface area contributed by atoms with Crippen molar-refractivity contribution in [2.45, 2.75) is 13.5 Å². The van der Waals surface area contributed by atoms with Gasteiger partial charge in [-0.05, 0) is 89.8 Å². The van der Waals surface area contributed by atoms with Crippen molar-refractivity contribution in [2.24, 2.45) is 0 Å². The molecule has 4 aromatic carbocycles. The van der Waals surface area contributed by atoms with Gasteiger partial charge in [0.25, 0.3) is 0 Å². The number of methoxy groups -OCH3 is 1. The summed E-state index contributed by atoms with van der Waals surface area (Å²) in [6.07, 6.45) is 0. The fourth-order valence-corrected chi connectivity index (χ4v) is 4.17. The molecule has 0 aliphatic heterocycles. The van der Waals surface area contributed by atoms with Crippen molar-refractivity contribution in [3.63, 3.8) is 0 Å². The predicted molar refractivity (Wildman–Crippen MR) is 142 cm³/mol. The zero-order chi connectivity index (χ0) is 25.8. The quantitative estimate of drug-likeness (QED) is 0.235. The summed E-state index contributed by atoms with van der Waals surface area (Å²) in [6.45, 7) is 1.81. The van der Waals surface area contributed by atoms with Gasteiger partial charge in [0.1, 0.15) is 35.2 Å². The Kier molecular flexibility index (Phi) is 6.81. The number of fused-ring (bicyclic) bond motifs is 1. The minimum Gasteiger partial charge on any atom is -0.497 e. The summed E-state index contributed by atoms with van der Waals surface area (Å²) in [5.74, 6) is 1.75. The molecule has 6 heteroatoms. The van der Waals surface area contributed by atoms with E-state index in [1.165, 1.54) is 0 Å². The monoisotopic (exact) mass is 494 g/mol. The van der Waals surface area contributed by atoms with Crippen LogP contribution >= 0.6 is 0 Å². The number of benzene rings is 4. The molecule has 186 valence electrons. The lowest BCUT2D eigenvalue weighted by Gasteiger charge is -2.13. The predicted octanol–water partition coefficient (Wildman–Crippen LogP) is 7.13. The summed E-state index contributed by atoms with van der Waals surface area (Å²) < 4.78 is 22.9. The molecule has 1 N–H and O–H groups in total. The average molecular weight is 495 g/mol. The molecule has 0 saturated heterocycles. The van der Waals surface area contributed by atoms with E-state index >= 15 is 0 Å². The van der Waals surface area contributed by atoms with Crippen LogP contribution in [-0.4, -0.2) is 24.8 Å². The normalized spacial score (nSPS) is 10.9. The van der Waals surface area contributed by atoms with Gasteiger partial charge in [0.05, 0.1) is 7.11 Å². The Morgan fingerprint density at radius 3 is 2.30 bits per heavy atom. The molecule has 6 nitrogen and oxygen atoms in total. The van der Waals surface area contributed by atoms with Crippen LogP contribution in [0, 0.1) is 6.92 Å². The van der Waals surface area contributed by atoms with Gasteiger partial charge in [-0.3, -0.25) is 0 Å². The second-order valence-corrected chi connectivity index (χ2v) is 8.69. The van der Waals surface area contributed by atoms with E-state index in [-0.39, 0.29) is 6.61 Å². The van der Waals surface area contributed by atoms with Crippen LogP contribution in [0.2, 0.25) is 0 Å². The third-order valence-corrected chi connectivity index (χ3v) is 6.03. The highest BCUT2D eigenvalue weighted by Crippen LogP contribution is 2.33. The van der Waals surface area contributed by atoms with E-state index in [9.17, 15) is 4.79 Å². The summed E-state index contributed by atoms with van der Waals surface area (Å²) in [4.78, 5) is 10.8. The Hall–Kier alpha value is -4.71. The standard InChI is InChI=1S/C31H26O6/c1-20-13-27(11-12-28(20)36-19-31(32)33)35-18-21-14-24(22-7-9-26(34-2)10-8-22)16-25(15-21)30-17-23-5-3-4-6-29(23)37-30/h3-17H,18-19H2,1-2H3,(H,32,33). The van der Waals surface area contributed by atoms with E-state index in [1.807, 2.05) is 67.6 Å². The highest BCUT2D eigenvalue weighted by Gasteiger charge is 2.12. The lowest BCUT2D eigenvalue weighted by atomic mass is 9.98. The van der Waals surface area contributed by atoms with Crippen molar-refractivity contribution in [3.05, 3.63) is 102 Å². The van der Waals surface area contributed by atoms with Crippen LogP contribution in [0.5, 0.6) is 17.2 Å².